The number of aromatic amines is 1. The standard InChI is InChI=1S/C10H7ClN4S/c1-6-13-10(15-14-6)16-9-3-2-7(5-12)4-8(9)11/h2-4H,1H3,(H,13,14,15). The largest absolute Gasteiger partial charge is 0.262 e. The van der Waals surface area contributed by atoms with Gasteiger partial charge in [0.1, 0.15) is 5.82 Å². The van der Waals surface area contributed by atoms with Crippen LogP contribution in [0.4, 0.5) is 0 Å². The lowest BCUT2D eigenvalue weighted by molar-refractivity contribution is 0.969. The molecule has 0 bridgehead atoms. The van der Waals surface area contributed by atoms with Crippen LogP contribution < -0.4 is 0 Å². The Balaban J connectivity index is 2.26. The van der Waals surface area contributed by atoms with E-state index < -0.39 is 0 Å². The van der Waals surface area contributed by atoms with Crippen molar-refractivity contribution in [2.75, 3.05) is 0 Å². The molecule has 0 aliphatic heterocycles. The molecule has 80 valence electrons. The van der Waals surface area contributed by atoms with Crippen LogP contribution >= 0.6 is 23.4 Å². The first-order valence-corrected chi connectivity index (χ1v) is 5.65. The van der Waals surface area contributed by atoms with Crippen LogP contribution in [0.2, 0.25) is 5.02 Å². The highest BCUT2D eigenvalue weighted by Crippen LogP contribution is 2.31. The summed E-state index contributed by atoms with van der Waals surface area (Å²) in [5.74, 6) is 0.757. The predicted molar refractivity (Wildman–Crippen MR) is 61.4 cm³/mol. The van der Waals surface area contributed by atoms with Gasteiger partial charge < -0.3 is 0 Å². The minimum Gasteiger partial charge on any atom is -0.262 e. The molecule has 4 nitrogen and oxygen atoms in total. The maximum atomic E-state index is 8.70. The molecule has 1 N–H and O–H groups in total. The minimum atomic E-state index is 0.534. The third-order valence-electron chi connectivity index (χ3n) is 1.84. The third kappa shape index (κ3) is 2.35. The molecule has 16 heavy (non-hydrogen) atoms. The van der Waals surface area contributed by atoms with Crippen LogP contribution in [0.25, 0.3) is 0 Å². The van der Waals surface area contributed by atoms with Crippen molar-refractivity contribution >= 4 is 23.4 Å². The van der Waals surface area contributed by atoms with Crippen molar-refractivity contribution < 1.29 is 0 Å². The third-order valence-corrected chi connectivity index (χ3v) is 3.20. The molecule has 0 aliphatic rings. The highest BCUT2D eigenvalue weighted by atomic mass is 35.5. The summed E-state index contributed by atoms with van der Waals surface area (Å²) in [6.45, 7) is 1.83. The van der Waals surface area contributed by atoms with Gasteiger partial charge in [-0.25, -0.2) is 4.98 Å². The zero-order valence-electron chi connectivity index (χ0n) is 8.36. The van der Waals surface area contributed by atoms with Crippen molar-refractivity contribution in [2.24, 2.45) is 0 Å². The van der Waals surface area contributed by atoms with Gasteiger partial charge in [0.25, 0.3) is 0 Å². The van der Waals surface area contributed by atoms with Gasteiger partial charge >= 0.3 is 0 Å². The fraction of sp³-hybridized carbons (Fsp3) is 0.100. The van der Waals surface area contributed by atoms with Crippen LogP contribution in [0.5, 0.6) is 0 Å². The number of halogens is 1. The van der Waals surface area contributed by atoms with Gasteiger partial charge in [0.15, 0.2) is 0 Å². The van der Waals surface area contributed by atoms with Crippen LogP contribution in [0.15, 0.2) is 28.3 Å². The summed E-state index contributed by atoms with van der Waals surface area (Å²) in [7, 11) is 0. The summed E-state index contributed by atoms with van der Waals surface area (Å²) in [6, 6.07) is 7.17. The van der Waals surface area contributed by atoms with Gasteiger partial charge in [-0.05, 0) is 36.9 Å². The first-order chi connectivity index (χ1) is 7.69. The van der Waals surface area contributed by atoms with Gasteiger partial charge in [0, 0.05) is 4.90 Å². The Hall–Kier alpha value is -1.51. The highest BCUT2D eigenvalue weighted by molar-refractivity contribution is 7.99. The summed E-state index contributed by atoms with van der Waals surface area (Å²) < 4.78 is 0. The molecule has 0 saturated heterocycles. The van der Waals surface area contributed by atoms with E-state index in [4.69, 9.17) is 16.9 Å². The Morgan fingerprint density at radius 3 is 2.88 bits per heavy atom. The fourth-order valence-corrected chi connectivity index (χ4v) is 2.18. The molecule has 1 aromatic heterocycles. The SMILES string of the molecule is Cc1nc(Sc2ccc(C#N)cc2Cl)n[nH]1. The molecule has 1 aromatic carbocycles. The average Bonchev–Trinajstić information content (AvgIpc) is 2.67. The number of rotatable bonds is 2. The molecule has 0 spiro atoms. The second kappa shape index (κ2) is 4.56. The summed E-state index contributed by atoms with van der Waals surface area (Å²) in [5.41, 5.74) is 0.542. The van der Waals surface area contributed by atoms with Gasteiger partial charge in [-0.3, -0.25) is 5.10 Å². The van der Waals surface area contributed by atoms with Gasteiger partial charge in [-0.15, -0.1) is 5.10 Å². The molecule has 0 unspecified atom stereocenters. The van der Waals surface area contributed by atoms with Crippen molar-refractivity contribution in [2.45, 2.75) is 17.0 Å². The number of nitrogens with zero attached hydrogens (tertiary/aromatic N) is 3. The van der Waals surface area contributed by atoms with E-state index in [1.165, 1.54) is 11.8 Å². The normalized spacial score (nSPS) is 10.1. The molecule has 0 atom stereocenters. The maximum absolute atomic E-state index is 8.70. The summed E-state index contributed by atoms with van der Waals surface area (Å²) in [5, 5.41) is 16.6. The van der Waals surface area contributed by atoms with Crippen molar-refractivity contribution in [3.63, 3.8) is 0 Å². The molecule has 6 heteroatoms. The quantitative estimate of drug-likeness (QED) is 0.890. The predicted octanol–water partition coefficient (Wildman–Crippen LogP) is 2.79. The first kappa shape index (κ1) is 11.0. The smallest absolute Gasteiger partial charge is 0.213 e. The fourth-order valence-electron chi connectivity index (χ4n) is 1.12. The molecular formula is C10H7ClN4S. The van der Waals surface area contributed by atoms with Crippen molar-refractivity contribution in [3.8, 4) is 6.07 Å². The molecule has 2 aromatic rings. The van der Waals surface area contributed by atoms with Gasteiger partial charge in [-0.1, -0.05) is 11.6 Å². The van der Waals surface area contributed by atoms with E-state index in [9.17, 15) is 0 Å². The van der Waals surface area contributed by atoms with E-state index in [2.05, 4.69) is 15.2 Å². The second-order valence-electron chi connectivity index (χ2n) is 3.06. The van der Waals surface area contributed by atoms with E-state index in [-0.39, 0.29) is 0 Å². The maximum Gasteiger partial charge on any atom is 0.213 e. The molecule has 0 radical (unpaired) electrons. The Labute approximate surface area is 102 Å². The number of nitriles is 1. The summed E-state index contributed by atoms with van der Waals surface area (Å²) >= 11 is 7.39. The Morgan fingerprint density at radius 1 is 1.50 bits per heavy atom. The number of hydrogen-bond donors (Lipinski definition) is 1. The number of hydrogen-bond acceptors (Lipinski definition) is 4. The lowest BCUT2D eigenvalue weighted by Crippen LogP contribution is -1.80. The summed E-state index contributed by atoms with van der Waals surface area (Å²) in [4.78, 5) is 5.00. The number of H-pyrrole nitrogens is 1. The Morgan fingerprint density at radius 2 is 2.31 bits per heavy atom. The van der Waals surface area contributed by atoms with Gasteiger partial charge in [0.2, 0.25) is 5.16 Å². The highest BCUT2D eigenvalue weighted by Gasteiger charge is 2.07. The number of aromatic nitrogens is 3. The van der Waals surface area contributed by atoms with E-state index in [0.29, 0.717) is 15.7 Å². The zero-order chi connectivity index (χ0) is 11.5. The summed E-state index contributed by atoms with van der Waals surface area (Å²) in [6.07, 6.45) is 0. The van der Waals surface area contributed by atoms with Gasteiger partial charge in [-0.2, -0.15) is 5.26 Å². The number of nitrogens with one attached hydrogen (secondary N) is 1. The second-order valence-corrected chi connectivity index (χ2v) is 4.48. The van der Waals surface area contributed by atoms with Crippen LogP contribution in [0, 0.1) is 18.3 Å². The zero-order valence-corrected chi connectivity index (χ0v) is 9.93. The Bertz CT molecular complexity index is 558. The molecule has 0 amide bonds. The topological polar surface area (TPSA) is 65.4 Å². The van der Waals surface area contributed by atoms with Crippen molar-refractivity contribution in [3.05, 3.63) is 34.6 Å². The van der Waals surface area contributed by atoms with Crippen LogP contribution in [-0.4, -0.2) is 15.2 Å². The Kier molecular flexibility index (Phi) is 3.13. The number of aryl methyl sites for hydroxylation is 1. The van der Waals surface area contributed by atoms with Crippen LogP contribution in [-0.2, 0) is 0 Å². The molecule has 1 heterocycles. The van der Waals surface area contributed by atoms with Crippen molar-refractivity contribution in [1.29, 1.82) is 5.26 Å². The van der Waals surface area contributed by atoms with E-state index in [0.717, 1.165) is 10.7 Å². The molecule has 2 rings (SSSR count). The molecule has 0 saturated carbocycles. The van der Waals surface area contributed by atoms with E-state index in [1.54, 1.807) is 18.2 Å². The van der Waals surface area contributed by atoms with Crippen LogP contribution in [0.3, 0.4) is 0 Å². The monoisotopic (exact) mass is 250 g/mol. The first-order valence-electron chi connectivity index (χ1n) is 4.45. The average molecular weight is 251 g/mol. The lowest BCUT2D eigenvalue weighted by atomic mass is 10.2. The van der Waals surface area contributed by atoms with E-state index >= 15 is 0 Å². The number of benzene rings is 1. The van der Waals surface area contributed by atoms with E-state index in [1.807, 2.05) is 13.0 Å². The van der Waals surface area contributed by atoms with Gasteiger partial charge in [0.05, 0.1) is 16.7 Å². The molecular weight excluding hydrogens is 244 g/mol. The lowest BCUT2D eigenvalue weighted by Gasteiger charge is -2.00. The van der Waals surface area contributed by atoms with Crippen LogP contribution in [0.1, 0.15) is 11.4 Å². The minimum absolute atomic E-state index is 0.534. The molecule has 0 aliphatic carbocycles. The van der Waals surface area contributed by atoms with Crippen molar-refractivity contribution in [1.82, 2.24) is 15.2 Å². The molecule has 0 fully saturated rings.